The number of aromatic nitrogens is 1. The summed E-state index contributed by atoms with van der Waals surface area (Å²) in [5, 5.41) is 2.73. The number of rotatable bonds is 2. The molecule has 1 amide bonds. The first kappa shape index (κ1) is 13.3. The van der Waals surface area contributed by atoms with E-state index < -0.39 is 0 Å². The molecular weight excluding hydrogens is 294 g/mol. The van der Waals surface area contributed by atoms with Crippen LogP contribution in [0.4, 0.5) is 5.82 Å². The molecule has 1 aliphatic heterocycles. The Hall–Kier alpha value is -1.10. The van der Waals surface area contributed by atoms with Gasteiger partial charge < -0.3 is 10.2 Å². The van der Waals surface area contributed by atoms with Crippen LogP contribution < -0.4 is 10.2 Å². The van der Waals surface area contributed by atoms with Crippen LogP contribution in [0.25, 0.3) is 0 Å². The fourth-order valence-electron chi connectivity index (χ4n) is 2.27. The number of anilines is 1. The lowest BCUT2D eigenvalue weighted by atomic mass is 9.96. The first-order valence-corrected chi connectivity index (χ1v) is 7.00. The van der Waals surface area contributed by atoms with E-state index in [0.29, 0.717) is 0 Å². The summed E-state index contributed by atoms with van der Waals surface area (Å²) in [4.78, 5) is 18.2. The second-order valence-electron chi connectivity index (χ2n) is 4.67. The molecule has 0 bridgehead atoms. The smallest absolute Gasteiger partial charge is 0.222 e. The van der Waals surface area contributed by atoms with Gasteiger partial charge in [0.2, 0.25) is 5.91 Å². The minimum atomic E-state index is 0.155. The third-order valence-corrected chi connectivity index (χ3v) is 4.30. The fourth-order valence-corrected chi connectivity index (χ4v) is 2.49. The molecule has 18 heavy (non-hydrogen) atoms. The molecule has 5 heteroatoms. The van der Waals surface area contributed by atoms with Crippen molar-refractivity contribution in [3.63, 3.8) is 0 Å². The van der Waals surface area contributed by atoms with Gasteiger partial charge in [-0.05, 0) is 47.3 Å². The third-order valence-electron chi connectivity index (χ3n) is 3.47. The van der Waals surface area contributed by atoms with Crippen molar-refractivity contribution in [2.24, 2.45) is 5.92 Å². The Bertz CT molecular complexity index is 442. The van der Waals surface area contributed by atoms with Gasteiger partial charge >= 0.3 is 0 Å². The topological polar surface area (TPSA) is 45.2 Å². The van der Waals surface area contributed by atoms with E-state index in [4.69, 9.17) is 0 Å². The average Bonchev–Trinajstić information content (AvgIpc) is 2.41. The van der Waals surface area contributed by atoms with Crippen LogP contribution in [0.1, 0.15) is 18.4 Å². The van der Waals surface area contributed by atoms with Crippen LogP contribution in [0.2, 0.25) is 0 Å². The molecule has 4 nitrogen and oxygen atoms in total. The molecule has 0 unspecified atom stereocenters. The van der Waals surface area contributed by atoms with Crippen LogP contribution >= 0.6 is 15.9 Å². The number of nitrogens with one attached hydrogen (secondary N) is 1. The van der Waals surface area contributed by atoms with Crippen LogP contribution in [0.15, 0.2) is 16.7 Å². The van der Waals surface area contributed by atoms with Gasteiger partial charge in [0.25, 0.3) is 0 Å². The van der Waals surface area contributed by atoms with Crippen molar-refractivity contribution in [2.45, 2.75) is 19.8 Å². The molecule has 1 N–H and O–H groups in total. The van der Waals surface area contributed by atoms with Crippen LogP contribution in [0.5, 0.6) is 0 Å². The van der Waals surface area contributed by atoms with Gasteiger partial charge in [0, 0.05) is 36.7 Å². The Morgan fingerprint density at radius 1 is 1.50 bits per heavy atom. The molecule has 1 saturated heterocycles. The number of halogens is 1. The number of aryl methyl sites for hydroxylation is 1. The SMILES string of the molecule is CNC(=O)C1CCN(c2cc(C)c(Br)cn2)CC1. The van der Waals surface area contributed by atoms with Crippen molar-refractivity contribution in [2.75, 3.05) is 25.0 Å². The lowest BCUT2D eigenvalue weighted by Gasteiger charge is -2.32. The zero-order valence-corrected chi connectivity index (χ0v) is 12.3. The predicted octanol–water partition coefficient (Wildman–Crippen LogP) is 2.11. The minimum absolute atomic E-state index is 0.155. The number of piperidine rings is 1. The van der Waals surface area contributed by atoms with Crippen molar-refractivity contribution >= 4 is 27.7 Å². The van der Waals surface area contributed by atoms with Gasteiger partial charge in [-0.25, -0.2) is 4.98 Å². The highest BCUT2D eigenvalue weighted by molar-refractivity contribution is 9.10. The van der Waals surface area contributed by atoms with E-state index in [9.17, 15) is 4.79 Å². The zero-order valence-electron chi connectivity index (χ0n) is 10.7. The van der Waals surface area contributed by atoms with Gasteiger partial charge in [-0.2, -0.15) is 0 Å². The van der Waals surface area contributed by atoms with Crippen LogP contribution in [-0.2, 0) is 4.79 Å². The molecular formula is C13H18BrN3O. The quantitative estimate of drug-likeness (QED) is 0.910. The van der Waals surface area contributed by atoms with Crippen molar-refractivity contribution in [1.82, 2.24) is 10.3 Å². The maximum absolute atomic E-state index is 11.6. The molecule has 0 atom stereocenters. The van der Waals surface area contributed by atoms with E-state index in [-0.39, 0.29) is 11.8 Å². The van der Waals surface area contributed by atoms with Crippen LogP contribution in [0.3, 0.4) is 0 Å². The average molecular weight is 312 g/mol. The highest BCUT2D eigenvalue weighted by atomic mass is 79.9. The molecule has 98 valence electrons. The summed E-state index contributed by atoms with van der Waals surface area (Å²) in [5.74, 6) is 1.32. The summed E-state index contributed by atoms with van der Waals surface area (Å²) in [6.45, 7) is 3.85. The maximum atomic E-state index is 11.6. The lowest BCUT2D eigenvalue weighted by molar-refractivity contribution is -0.125. The summed E-state index contributed by atoms with van der Waals surface area (Å²) in [6.07, 6.45) is 3.64. The Morgan fingerprint density at radius 2 is 2.17 bits per heavy atom. The van der Waals surface area contributed by atoms with E-state index in [2.05, 4.69) is 44.1 Å². The second kappa shape index (κ2) is 5.69. The first-order valence-electron chi connectivity index (χ1n) is 6.20. The van der Waals surface area contributed by atoms with Crippen molar-refractivity contribution in [3.8, 4) is 0 Å². The van der Waals surface area contributed by atoms with Gasteiger partial charge in [-0.3, -0.25) is 4.79 Å². The summed E-state index contributed by atoms with van der Waals surface area (Å²) < 4.78 is 1.03. The number of hydrogen-bond acceptors (Lipinski definition) is 3. The monoisotopic (exact) mass is 311 g/mol. The Labute approximate surface area is 116 Å². The Morgan fingerprint density at radius 3 is 2.72 bits per heavy atom. The Kier molecular flexibility index (Phi) is 4.22. The molecule has 0 aliphatic carbocycles. The maximum Gasteiger partial charge on any atom is 0.222 e. The first-order chi connectivity index (χ1) is 8.61. The highest BCUT2D eigenvalue weighted by Crippen LogP contribution is 2.24. The molecule has 1 aromatic heterocycles. The summed E-state index contributed by atoms with van der Waals surface area (Å²) >= 11 is 3.46. The summed E-state index contributed by atoms with van der Waals surface area (Å²) in [7, 11) is 1.70. The molecule has 0 spiro atoms. The normalized spacial score (nSPS) is 16.7. The minimum Gasteiger partial charge on any atom is -0.359 e. The largest absolute Gasteiger partial charge is 0.359 e. The van der Waals surface area contributed by atoms with Crippen molar-refractivity contribution in [1.29, 1.82) is 0 Å². The van der Waals surface area contributed by atoms with Gasteiger partial charge in [0.1, 0.15) is 5.82 Å². The summed E-state index contributed by atoms with van der Waals surface area (Å²) in [6, 6.07) is 2.09. The van der Waals surface area contributed by atoms with E-state index in [1.54, 1.807) is 7.05 Å². The van der Waals surface area contributed by atoms with E-state index in [1.165, 1.54) is 5.56 Å². The van der Waals surface area contributed by atoms with Crippen molar-refractivity contribution < 1.29 is 4.79 Å². The number of carbonyl (C=O) groups is 1. The van der Waals surface area contributed by atoms with E-state index in [0.717, 1.165) is 36.2 Å². The number of nitrogens with zero attached hydrogens (tertiary/aromatic N) is 2. The lowest BCUT2D eigenvalue weighted by Crippen LogP contribution is -2.39. The molecule has 0 saturated carbocycles. The molecule has 2 rings (SSSR count). The van der Waals surface area contributed by atoms with Gasteiger partial charge in [-0.1, -0.05) is 0 Å². The van der Waals surface area contributed by atoms with Crippen molar-refractivity contribution in [3.05, 3.63) is 22.3 Å². The van der Waals surface area contributed by atoms with E-state index >= 15 is 0 Å². The standard InChI is InChI=1S/C13H18BrN3O/c1-9-7-12(16-8-11(9)14)17-5-3-10(4-6-17)13(18)15-2/h7-8,10H,3-6H2,1-2H3,(H,15,18). The van der Waals surface area contributed by atoms with Crippen LogP contribution in [0, 0.1) is 12.8 Å². The Balaban J connectivity index is 2.01. The highest BCUT2D eigenvalue weighted by Gasteiger charge is 2.24. The molecule has 0 radical (unpaired) electrons. The zero-order chi connectivity index (χ0) is 13.1. The number of amides is 1. The summed E-state index contributed by atoms with van der Waals surface area (Å²) in [5.41, 5.74) is 1.19. The predicted molar refractivity (Wildman–Crippen MR) is 75.7 cm³/mol. The molecule has 1 fully saturated rings. The molecule has 2 heterocycles. The third kappa shape index (κ3) is 2.83. The number of hydrogen-bond donors (Lipinski definition) is 1. The molecule has 0 aromatic carbocycles. The number of carbonyl (C=O) groups excluding carboxylic acids is 1. The van der Waals surface area contributed by atoms with Gasteiger partial charge in [0.05, 0.1) is 0 Å². The second-order valence-corrected chi connectivity index (χ2v) is 5.52. The fraction of sp³-hybridized carbons (Fsp3) is 0.538. The molecule has 1 aliphatic rings. The number of pyridine rings is 1. The van der Waals surface area contributed by atoms with Gasteiger partial charge in [0.15, 0.2) is 0 Å². The van der Waals surface area contributed by atoms with E-state index in [1.807, 2.05) is 6.20 Å². The van der Waals surface area contributed by atoms with Gasteiger partial charge in [-0.15, -0.1) is 0 Å². The molecule has 1 aromatic rings. The van der Waals surface area contributed by atoms with Crippen LogP contribution in [-0.4, -0.2) is 31.0 Å².